The molecule has 7 heteroatoms. The van der Waals surface area contributed by atoms with Gasteiger partial charge in [0, 0.05) is 15.6 Å². The first-order valence-electron chi connectivity index (χ1n) is 6.63. The summed E-state index contributed by atoms with van der Waals surface area (Å²) in [6, 6.07) is 13.5. The van der Waals surface area contributed by atoms with Crippen molar-refractivity contribution in [3.63, 3.8) is 0 Å². The Bertz CT molecular complexity index is 849. The fourth-order valence-corrected chi connectivity index (χ4v) is 2.26. The van der Waals surface area contributed by atoms with Gasteiger partial charge < -0.3 is 9.26 Å². The third-order valence-corrected chi connectivity index (χ3v) is 3.41. The van der Waals surface area contributed by atoms with Crippen LogP contribution in [0.4, 0.5) is 0 Å². The van der Waals surface area contributed by atoms with E-state index in [1.54, 1.807) is 42.5 Å². The van der Waals surface area contributed by atoms with E-state index in [2.05, 4.69) is 10.1 Å². The first-order chi connectivity index (χ1) is 11.1. The third kappa shape index (κ3) is 3.88. The zero-order valence-electron chi connectivity index (χ0n) is 11.7. The highest BCUT2D eigenvalue weighted by atomic mass is 35.5. The molecule has 0 aliphatic rings. The van der Waals surface area contributed by atoms with Gasteiger partial charge in [0.2, 0.25) is 5.82 Å². The van der Waals surface area contributed by atoms with Gasteiger partial charge in [-0.1, -0.05) is 46.6 Å². The van der Waals surface area contributed by atoms with Crippen LogP contribution >= 0.6 is 23.2 Å². The van der Waals surface area contributed by atoms with Crippen LogP contribution in [0.2, 0.25) is 10.0 Å². The summed E-state index contributed by atoms with van der Waals surface area (Å²) < 4.78 is 10.2. The van der Waals surface area contributed by atoms with Crippen molar-refractivity contribution in [3.05, 3.63) is 70.0 Å². The minimum Gasteiger partial charge on any atom is -0.452 e. The van der Waals surface area contributed by atoms with Gasteiger partial charge in [-0.2, -0.15) is 4.98 Å². The Morgan fingerprint density at radius 1 is 1.09 bits per heavy atom. The molecule has 0 saturated heterocycles. The van der Waals surface area contributed by atoms with Gasteiger partial charge in [0.15, 0.2) is 6.61 Å². The smallest absolute Gasteiger partial charge is 0.338 e. The number of halogens is 2. The van der Waals surface area contributed by atoms with Crippen molar-refractivity contribution in [1.29, 1.82) is 0 Å². The molecule has 0 bridgehead atoms. The van der Waals surface area contributed by atoms with E-state index in [-0.39, 0.29) is 12.5 Å². The van der Waals surface area contributed by atoms with Crippen molar-refractivity contribution in [3.8, 4) is 11.4 Å². The number of carbonyl (C=O) groups is 1. The second-order valence-corrected chi connectivity index (χ2v) is 5.48. The highest BCUT2D eigenvalue weighted by Crippen LogP contribution is 2.20. The highest BCUT2D eigenvalue weighted by molar-refractivity contribution is 6.31. The molecule has 23 heavy (non-hydrogen) atoms. The van der Waals surface area contributed by atoms with Crippen molar-refractivity contribution in [2.45, 2.75) is 6.61 Å². The second kappa shape index (κ2) is 6.81. The first-order valence-corrected chi connectivity index (χ1v) is 7.38. The second-order valence-electron chi connectivity index (χ2n) is 4.61. The molecule has 0 amide bonds. The molecule has 3 aromatic rings. The normalized spacial score (nSPS) is 10.5. The minimum absolute atomic E-state index is 0.126. The van der Waals surface area contributed by atoms with E-state index in [1.165, 1.54) is 6.07 Å². The molecule has 2 aromatic carbocycles. The molecule has 0 aliphatic carbocycles. The van der Waals surface area contributed by atoms with Crippen LogP contribution < -0.4 is 0 Å². The Hall–Kier alpha value is -2.37. The maximum Gasteiger partial charge on any atom is 0.338 e. The van der Waals surface area contributed by atoms with Crippen LogP contribution in [-0.2, 0) is 11.3 Å². The number of hydrogen-bond donors (Lipinski definition) is 0. The van der Waals surface area contributed by atoms with Gasteiger partial charge in [-0.15, -0.1) is 0 Å². The molecular formula is C16H10Cl2N2O3. The summed E-state index contributed by atoms with van der Waals surface area (Å²) in [5.74, 6) is 0.0478. The molecule has 0 saturated carbocycles. The quantitative estimate of drug-likeness (QED) is 0.653. The maximum atomic E-state index is 11.9. The van der Waals surface area contributed by atoms with Crippen LogP contribution in [0.25, 0.3) is 11.4 Å². The number of carbonyl (C=O) groups excluding carboxylic acids is 1. The maximum absolute atomic E-state index is 11.9. The summed E-state index contributed by atoms with van der Waals surface area (Å²) in [6.07, 6.45) is 0. The molecule has 0 unspecified atom stereocenters. The monoisotopic (exact) mass is 348 g/mol. The lowest BCUT2D eigenvalue weighted by Crippen LogP contribution is -2.05. The molecule has 0 atom stereocenters. The zero-order chi connectivity index (χ0) is 16.2. The molecule has 0 spiro atoms. The fourth-order valence-electron chi connectivity index (χ4n) is 1.88. The third-order valence-electron chi connectivity index (χ3n) is 2.94. The molecule has 0 radical (unpaired) electrons. The molecule has 0 fully saturated rings. The summed E-state index contributed by atoms with van der Waals surface area (Å²) in [4.78, 5) is 16.1. The van der Waals surface area contributed by atoms with E-state index in [0.717, 1.165) is 0 Å². The number of aromatic nitrogens is 2. The Kier molecular flexibility index (Phi) is 4.60. The average Bonchev–Trinajstić information content (AvgIpc) is 3.01. The van der Waals surface area contributed by atoms with Crippen LogP contribution in [-0.4, -0.2) is 16.1 Å². The average molecular weight is 349 g/mol. The lowest BCUT2D eigenvalue weighted by atomic mass is 10.2. The molecule has 1 heterocycles. The van der Waals surface area contributed by atoms with Gasteiger partial charge in [0.05, 0.1) is 5.56 Å². The topological polar surface area (TPSA) is 65.2 Å². The predicted molar refractivity (Wildman–Crippen MR) is 85.3 cm³/mol. The van der Waals surface area contributed by atoms with Gasteiger partial charge in [-0.05, 0) is 30.3 Å². The molecule has 0 N–H and O–H groups in total. The largest absolute Gasteiger partial charge is 0.452 e. The van der Waals surface area contributed by atoms with Gasteiger partial charge in [0.25, 0.3) is 5.89 Å². The minimum atomic E-state index is -0.519. The summed E-state index contributed by atoms with van der Waals surface area (Å²) in [5.41, 5.74) is 1.07. The molecule has 0 aliphatic heterocycles. The number of benzene rings is 2. The van der Waals surface area contributed by atoms with Gasteiger partial charge in [-0.3, -0.25) is 0 Å². The van der Waals surface area contributed by atoms with E-state index in [0.29, 0.717) is 27.0 Å². The molecule has 116 valence electrons. The van der Waals surface area contributed by atoms with Crippen molar-refractivity contribution < 1.29 is 14.1 Å². The molecule has 1 aromatic heterocycles. The summed E-state index contributed by atoms with van der Waals surface area (Å²) >= 11 is 11.7. The van der Waals surface area contributed by atoms with Gasteiger partial charge in [0.1, 0.15) is 0 Å². The van der Waals surface area contributed by atoms with Crippen LogP contribution in [0.1, 0.15) is 16.2 Å². The highest BCUT2D eigenvalue weighted by Gasteiger charge is 2.13. The zero-order valence-corrected chi connectivity index (χ0v) is 13.2. The molecular weight excluding hydrogens is 339 g/mol. The lowest BCUT2D eigenvalue weighted by Gasteiger charge is -2.01. The Labute approximate surface area is 141 Å². The number of ether oxygens (including phenoxy) is 1. The number of rotatable bonds is 4. The summed E-state index contributed by atoms with van der Waals surface area (Å²) in [6.45, 7) is -0.126. The van der Waals surface area contributed by atoms with Crippen LogP contribution in [0.5, 0.6) is 0 Å². The van der Waals surface area contributed by atoms with E-state index in [1.807, 2.05) is 0 Å². The fraction of sp³-hybridized carbons (Fsp3) is 0.0625. The van der Waals surface area contributed by atoms with Gasteiger partial charge in [-0.25, -0.2) is 4.79 Å². The van der Waals surface area contributed by atoms with Crippen molar-refractivity contribution in [2.75, 3.05) is 0 Å². The van der Waals surface area contributed by atoms with Crippen molar-refractivity contribution >= 4 is 29.2 Å². The van der Waals surface area contributed by atoms with Crippen molar-refractivity contribution in [1.82, 2.24) is 10.1 Å². The van der Waals surface area contributed by atoms with Crippen LogP contribution in [0.3, 0.4) is 0 Å². The van der Waals surface area contributed by atoms with E-state index in [9.17, 15) is 4.79 Å². The van der Waals surface area contributed by atoms with Gasteiger partial charge >= 0.3 is 5.97 Å². The van der Waals surface area contributed by atoms with E-state index < -0.39 is 5.97 Å². The first kappa shape index (κ1) is 15.5. The van der Waals surface area contributed by atoms with Crippen LogP contribution in [0.15, 0.2) is 53.1 Å². The number of esters is 1. The van der Waals surface area contributed by atoms with E-state index >= 15 is 0 Å². The molecule has 5 nitrogen and oxygen atoms in total. The van der Waals surface area contributed by atoms with Crippen LogP contribution in [0, 0.1) is 0 Å². The summed E-state index contributed by atoms with van der Waals surface area (Å²) in [5, 5.41) is 4.86. The SMILES string of the molecule is O=C(OCc1nc(-c2cccc(Cl)c2)no1)c1cccc(Cl)c1. The Morgan fingerprint density at radius 3 is 2.57 bits per heavy atom. The number of hydrogen-bond acceptors (Lipinski definition) is 5. The summed E-state index contributed by atoms with van der Waals surface area (Å²) in [7, 11) is 0. The van der Waals surface area contributed by atoms with E-state index in [4.69, 9.17) is 32.5 Å². The predicted octanol–water partition coefficient (Wildman–Crippen LogP) is 4.40. The Balaban J connectivity index is 1.67. The number of nitrogens with zero attached hydrogens (tertiary/aromatic N) is 2. The lowest BCUT2D eigenvalue weighted by molar-refractivity contribution is 0.0430. The molecule has 3 rings (SSSR count). The van der Waals surface area contributed by atoms with Crippen molar-refractivity contribution in [2.24, 2.45) is 0 Å². The standard InChI is InChI=1S/C16H10Cl2N2O3/c17-12-5-1-3-10(7-12)15-19-14(23-20-15)9-22-16(21)11-4-2-6-13(18)8-11/h1-8H,9H2. The Morgan fingerprint density at radius 2 is 1.83 bits per heavy atom.